The summed E-state index contributed by atoms with van der Waals surface area (Å²) >= 11 is 0. The molecule has 1 aliphatic rings. The van der Waals surface area contributed by atoms with Crippen molar-refractivity contribution in [2.75, 3.05) is 16.6 Å². The van der Waals surface area contributed by atoms with Crippen LogP contribution in [0.1, 0.15) is 31.2 Å². The highest BCUT2D eigenvalue weighted by molar-refractivity contribution is 7.92. The maximum absolute atomic E-state index is 12.7. The van der Waals surface area contributed by atoms with Gasteiger partial charge >= 0.3 is 0 Å². The van der Waals surface area contributed by atoms with Gasteiger partial charge in [0.05, 0.1) is 11.5 Å². The molecule has 0 bridgehead atoms. The van der Waals surface area contributed by atoms with Gasteiger partial charge in [0.15, 0.2) is 6.23 Å². The Morgan fingerprint density at radius 1 is 1.09 bits per heavy atom. The number of hydrogen-bond acceptors (Lipinski definition) is 10. The van der Waals surface area contributed by atoms with Crippen LogP contribution in [0.4, 0.5) is 11.6 Å². The highest BCUT2D eigenvalue weighted by Crippen LogP contribution is 2.24. The fraction of sp³-hybridized carbons (Fsp3) is 0.500. The van der Waals surface area contributed by atoms with E-state index in [0.29, 0.717) is 23.5 Å². The second kappa shape index (κ2) is 11.3. The van der Waals surface area contributed by atoms with Crippen LogP contribution in [-0.4, -0.2) is 76.8 Å². The molecule has 2 aromatic rings. The molecular formula is C22H31N5O7S. The van der Waals surface area contributed by atoms with Gasteiger partial charge in [0, 0.05) is 23.5 Å². The first kappa shape index (κ1) is 26.8. The molecule has 35 heavy (non-hydrogen) atoms. The number of aliphatic hydroxyl groups excluding tert-OH is 3. The quantitative estimate of drug-likeness (QED) is 0.270. The van der Waals surface area contributed by atoms with E-state index in [4.69, 9.17) is 4.74 Å². The maximum atomic E-state index is 12.7. The Balaban J connectivity index is 1.77. The van der Waals surface area contributed by atoms with Crippen molar-refractivity contribution in [3.63, 3.8) is 0 Å². The van der Waals surface area contributed by atoms with E-state index < -0.39 is 47.2 Å². The SMILES string of the molecule is CCCC(=O)N[C@H]1[C@H](O)[C@H](O)[C@H](CO)O[C@@H]1Nc1ccc(S(=O)(=O)Nc2nc(C)cc(C)n2)cc1. The van der Waals surface area contributed by atoms with Gasteiger partial charge in [-0.3, -0.25) is 4.79 Å². The number of nitrogens with zero attached hydrogens (tertiary/aromatic N) is 2. The largest absolute Gasteiger partial charge is 0.394 e. The van der Waals surface area contributed by atoms with Gasteiger partial charge in [-0.05, 0) is 50.6 Å². The molecule has 1 saturated heterocycles. The number of ether oxygens (including phenoxy) is 1. The molecule has 3 rings (SSSR count). The summed E-state index contributed by atoms with van der Waals surface area (Å²) in [4.78, 5) is 20.3. The standard InChI is InChI=1S/C22H31N5O7S/c1-4-5-17(29)26-18-20(31)19(30)16(11-28)34-21(18)25-14-6-8-15(9-7-14)35(32,33)27-22-23-12(2)10-13(3)24-22/h6-10,16,18-21,25,28,30-31H,4-5,11H2,1-3H3,(H,26,29)(H,23,24,27)/t16-,18-,19+,20-,21-/m0/s1. The minimum absolute atomic E-state index is 0.0337. The lowest BCUT2D eigenvalue weighted by Gasteiger charge is -2.43. The third-order valence-electron chi connectivity index (χ3n) is 5.41. The van der Waals surface area contributed by atoms with Gasteiger partial charge in [-0.2, -0.15) is 0 Å². The summed E-state index contributed by atoms with van der Waals surface area (Å²) in [5, 5.41) is 35.9. The zero-order valence-corrected chi connectivity index (χ0v) is 20.5. The van der Waals surface area contributed by atoms with Crippen LogP contribution in [0.15, 0.2) is 35.2 Å². The number of aliphatic hydroxyl groups is 3. The van der Waals surface area contributed by atoms with E-state index in [1.54, 1.807) is 19.9 Å². The number of benzene rings is 1. The van der Waals surface area contributed by atoms with Crippen molar-refractivity contribution >= 4 is 27.6 Å². The Bertz CT molecular complexity index is 1110. The normalized spacial score (nSPS) is 24.6. The first-order valence-electron chi connectivity index (χ1n) is 11.2. The van der Waals surface area contributed by atoms with Gasteiger partial charge in [-0.1, -0.05) is 6.92 Å². The van der Waals surface area contributed by atoms with Gasteiger partial charge in [0.2, 0.25) is 11.9 Å². The van der Waals surface area contributed by atoms with Crippen LogP contribution in [-0.2, 0) is 19.6 Å². The summed E-state index contributed by atoms with van der Waals surface area (Å²) in [5.74, 6) is -0.365. The molecule has 6 N–H and O–H groups in total. The van der Waals surface area contributed by atoms with Gasteiger partial charge in [-0.15, -0.1) is 0 Å². The number of amides is 1. The second-order valence-electron chi connectivity index (χ2n) is 8.35. The average Bonchev–Trinajstić information content (AvgIpc) is 2.78. The number of carbonyl (C=O) groups excluding carboxylic acids is 1. The molecule has 0 unspecified atom stereocenters. The summed E-state index contributed by atoms with van der Waals surface area (Å²) < 4.78 is 33.5. The molecule has 0 saturated carbocycles. The van der Waals surface area contributed by atoms with Crippen molar-refractivity contribution in [3.05, 3.63) is 41.7 Å². The Labute approximate surface area is 203 Å². The molecule has 13 heteroatoms. The van der Waals surface area contributed by atoms with Crippen LogP contribution in [0, 0.1) is 13.8 Å². The highest BCUT2D eigenvalue weighted by atomic mass is 32.2. The summed E-state index contributed by atoms with van der Waals surface area (Å²) in [6.07, 6.45) is -4.08. The predicted octanol–water partition coefficient (Wildman–Crippen LogP) is 0.0300. The zero-order valence-electron chi connectivity index (χ0n) is 19.7. The summed E-state index contributed by atoms with van der Waals surface area (Å²) in [7, 11) is -3.96. The van der Waals surface area contributed by atoms with E-state index in [1.165, 1.54) is 24.3 Å². The van der Waals surface area contributed by atoms with Crippen LogP contribution >= 0.6 is 0 Å². The van der Waals surface area contributed by atoms with E-state index in [1.807, 2.05) is 6.92 Å². The molecule has 0 spiro atoms. The third kappa shape index (κ3) is 6.64. The number of nitrogens with one attached hydrogen (secondary N) is 3. The fourth-order valence-corrected chi connectivity index (χ4v) is 4.68. The van der Waals surface area contributed by atoms with Gasteiger partial charge in [0.25, 0.3) is 10.0 Å². The molecule has 0 radical (unpaired) electrons. The molecular weight excluding hydrogens is 478 g/mol. The van der Waals surface area contributed by atoms with Gasteiger partial charge < -0.3 is 30.7 Å². The number of carbonyl (C=O) groups is 1. The Morgan fingerprint density at radius 3 is 2.29 bits per heavy atom. The molecule has 12 nitrogen and oxygen atoms in total. The number of hydrogen-bond donors (Lipinski definition) is 6. The Morgan fingerprint density at radius 2 is 1.71 bits per heavy atom. The van der Waals surface area contributed by atoms with Crippen molar-refractivity contribution in [1.29, 1.82) is 0 Å². The van der Waals surface area contributed by atoms with Gasteiger partial charge in [0.1, 0.15) is 24.4 Å². The molecule has 1 fully saturated rings. The van der Waals surface area contributed by atoms with Crippen LogP contribution in [0.3, 0.4) is 0 Å². The van der Waals surface area contributed by atoms with E-state index >= 15 is 0 Å². The summed E-state index contributed by atoms with van der Waals surface area (Å²) in [6, 6.07) is 6.39. The number of anilines is 2. The number of sulfonamides is 1. The summed E-state index contributed by atoms with van der Waals surface area (Å²) in [6.45, 7) is 4.75. The van der Waals surface area contributed by atoms with E-state index in [2.05, 4.69) is 25.3 Å². The van der Waals surface area contributed by atoms with Crippen LogP contribution in [0.5, 0.6) is 0 Å². The first-order valence-corrected chi connectivity index (χ1v) is 12.7. The molecule has 5 atom stereocenters. The highest BCUT2D eigenvalue weighted by Gasteiger charge is 2.45. The topological polar surface area (TPSA) is 183 Å². The maximum Gasteiger partial charge on any atom is 0.264 e. The van der Waals surface area contributed by atoms with Crippen LogP contribution in [0.25, 0.3) is 0 Å². The Hall–Kier alpha value is -2.84. The first-order chi connectivity index (χ1) is 16.5. The van der Waals surface area contributed by atoms with E-state index in [-0.39, 0.29) is 23.2 Å². The smallest absolute Gasteiger partial charge is 0.264 e. The number of aryl methyl sites for hydroxylation is 2. The van der Waals surface area contributed by atoms with Gasteiger partial charge in [-0.25, -0.2) is 23.1 Å². The van der Waals surface area contributed by atoms with E-state index in [0.717, 1.165) is 0 Å². The zero-order chi connectivity index (χ0) is 25.8. The van der Waals surface area contributed by atoms with Crippen molar-refractivity contribution in [2.45, 2.75) is 69.1 Å². The second-order valence-corrected chi connectivity index (χ2v) is 10.0. The fourth-order valence-electron chi connectivity index (χ4n) is 3.73. The molecule has 1 aromatic heterocycles. The molecule has 192 valence electrons. The molecule has 0 aliphatic carbocycles. The molecule has 2 heterocycles. The van der Waals surface area contributed by atoms with Crippen molar-refractivity contribution < 1.29 is 33.3 Å². The van der Waals surface area contributed by atoms with Crippen molar-refractivity contribution in [3.8, 4) is 0 Å². The monoisotopic (exact) mass is 509 g/mol. The van der Waals surface area contributed by atoms with E-state index in [9.17, 15) is 28.5 Å². The minimum Gasteiger partial charge on any atom is -0.394 e. The van der Waals surface area contributed by atoms with Crippen molar-refractivity contribution in [2.24, 2.45) is 0 Å². The average molecular weight is 510 g/mol. The third-order valence-corrected chi connectivity index (χ3v) is 6.76. The molecule has 1 aromatic carbocycles. The number of aromatic nitrogens is 2. The summed E-state index contributed by atoms with van der Waals surface area (Å²) in [5.41, 5.74) is 1.67. The van der Waals surface area contributed by atoms with Crippen molar-refractivity contribution in [1.82, 2.24) is 15.3 Å². The number of rotatable bonds is 9. The minimum atomic E-state index is -3.96. The van der Waals surface area contributed by atoms with Crippen LogP contribution < -0.4 is 15.4 Å². The molecule has 1 aliphatic heterocycles. The molecule has 1 amide bonds. The lowest BCUT2D eigenvalue weighted by molar-refractivity contribution is -0.188. The van der Waals surface area contributed by atoms with Crippen LogP contribution in [0.2, 0.25) is 0 Å². The Kier molecular flexibility index (Phi) is 8.61. The lowest BCUT2D eigenvalue weighted by atomic mass is 9.95. The predicted molar refractivity (Wildman–Crippen MR) is 127 cm³/mol. The lowest BCUT2D eigenvalue weighted by Crippen LogP contribution is -2.66.